The molecule has 0 spiro atoms. The Kier molecular flexibility index (Phi) is 5.99. The van der Waals surface area contributed by atoms with E-state index in [2.05, 4.69) is 16.8 Å². The van der Waals surface area contributed by atoms with Crippen LogP contribution in [0.3, 0.4) is 0 Å². The van der Waals surface area contributed by atoms with Crippen molar-refractivity contribution in [3.05, 3.63) is 52.8 Å². The van der Waals surface area contributed by atoms with Crippen molar-refractivity contribution in [3.63, 3.8) is 0 Å². The summed E-state index contributed by atoms with van der Waals surface area (Å²) in [6.45, 7) is 4.26. The zero-order valence-corrected chi connectivity index (χ0v) is 16.4. The highest BCUT2D eigenvalue weighted by molar-refractivity contribution is 6.01. The molecule has 5 heteroatoms. The lowest BCUT2D eigenvalue weighted by atomic mass is 9.95. The van der Waals surface area contributed by atoms with E-state index in [0.29, 0.717) is 17.3 Å². The molecule has 3 rings (SSSR count). The van der Waals surface area contributed by atoms with Crippen molar-refractivity contribution in [1.29, 1.82) is 0 Å². The quantitative estimate of drug-likeness (QED) is 0.593. The zero-order valence-electron chi connectivity index (χ0n) is 16.4. The van der Waals surface area contributed by atoms with Crippen LogP contribution < -0.4 is 5.32 Å². The number of para-hydroxylation sites is 1. The van der Waals surface area contributed by atoms with Crippen molar-refractivity contribution in [1.82, 2.24) is 4.57 Å². The molecule has 0 unspecified atom stereocenters. The van der Waals surface area contributed by atoms with Gasteiger partial charge in [0.1, 0.15) is 0 Å². The number of rotatable bonds is 6. The number of carbonyl (C=O) groups excluding carboxylic acids is 2. The molecule has 1 aliphatic rings. The lowest BCUT2D eigenvalue weighted by Gasteiger charge is -2.26. The first-order valence-electron chi connectivity index (χ1n) is 9.65. The second kappa shape index (κ2) is 8.42. The SMILES string of the molecule is COC(=O)c1ccccc1NCC(=O)c1cc(C)n(C2CCCCC2)c1C. The molecular formula is C22H28N2O3. The average molecular weight is 368 g/mol. The minimum Gasteiger partial charge on any atom is -0.465 e. The molecule has 0 radical (unpaired) electrons. The van der Waals surface area contributed by atoms with Crippen LogP contribution in [-0.4, -0.2) is 30.0 Å². The predicted octanol–water partition coefficient (Wildman–Crippen LogP) is 4.69. The largest absolute Gasteiger partial charge is 0.465 e. The molecule has 0 amide bonds. The number of hydrogen-bond acceptors (Lipinski definition) is 4. The smallest absolute Gasteiger partial charge is 0.339 e. The third-order valence-electron chi connectivity index (χ3n) is 5.50. The number of aromatic nitrogens is 1. The number of Topliss-reactive ketones (excluding diaryl/α,β-unsaturated/α-hetero) is 1. The molecule has 144 valence electrons. The van der Waals surface area contributed by atoms with Crippen LogP contribution in [-0.2, 0) is 4.74 Å². The molecule has 1 heterocycles. The molecule has 1 aromatic carbocycles. The number of anilines is 1. The Bertz CT molecular complexity index is 832. The third kappa shape index (κ3) is 4.07. The fraction of sp³-hybridized carbons (Fsp3) is 0.455. The Balaban J connectivity index is 1.75. The molecule has 0 saturated heterocycles. The van der Waals surface area contributed by atoms with Gasteiger partial charge in [0.2, 0.25) is 0 Å². The van der Waals surface area contributed by atoms with Gasteiger partial charge in [-0.15, -0.1) is 0 Å². The number of benzene rings is 1. The molecule has 1 aliphatic carbocycles. The maximum Gasteiger partial charge on any atom is 0.339 e. The Morgan fingerprint density at radius 2 is 1.81 bits per heavy atom. The van der Waals surface area contributed by atoms with E-state index in [-0.39, 0.29) is 12.3 Å². The number of nitrogens with zero attached hydrogens (tertiary/aromatic N) is 1. The van der Waals surface area contributed by atoms with Crippen LogP contribution in [0.4, 0.5) is 5.69 Å². The summed E-state index contributed by atoms with van der Waals surface area (Å²) in [5, 5.41) is 3.10. The molecule has 1 aromatic heterocycles. The Morgan fingerprint density at radius 1 is 1.11 bits per heavy atom. The summed E-state index contributed by atoms with van der Waals surface area (Å²) in [4.78, 5) is 24.7. The van der Waals surface area contributed by atoms with E-state index in [1.54, 1.807) is 18.2 Å². The number of ether oxygens (including phenoxy) is 1. The summed E-state index contributed by atoms with van der Waals surface area (Å²) in [7, 11) is 1.35. The van der Waals surface area contributed by atoms with Gasteiger partial charge in [0, 0.05) is 28.7 Å². The van der Waals surface area contributed by atoms with Gasteiger partial charge >= 0.3 is 5.97 Å². The highest BCUT2D eigenvalue weighted by atomic mass is 16.5. The van der Waals surface area contributed by atoms with Crippen LogP contribution in [0.2, 0.25) is 0 Å². The first kappa shape index (κ1) is 19.2. The fourth-order valence-corrected chi connectivity index (χ4v) is 4.16. The number of nitrogens with one attached hydrogen (secondary N) is 1. The maximum absolute atomic E-state index is 12.8. The fourth-order valence-electron chi connectivity index (χ4n) is 4.16. The Hall–Kier alpha value is -2.56. The van der Waals surface area contributed by atoms with Crippen LogP contribution in [0.15, 0.2) is 30.3 Å². The summed E-state index contributed by atoms with van der Waals surface area (Å²) < 4.78 is 7.15. The average Bonchev–Trinajstić information content (AvgIpc) is 3.00. The van der Waals surface area contributed by atoms with Crippen molar-refractivity contribution in [3.8, 4) is 0 Å². The standard InChI is InChI=1S/C22H28N2O3/c1-15-13-19(16(2)24(15)17-9-5-4-6-10-17)21(25)14-23-20-12-8-7-11-18(20)22(26)27-3/h7-8,11-13,17,23H,4-6,9-10,14H2,1-3H3. The first-order valence-corrected chi connectivity index (χ1v) is 9.65. The molecule has 1 saturated carbocycles. The number of esters is 1. The van der Waals surface area contributed by atoms with Gasteiger partial charge in [0.25, 0.3) is 0 Å². The van der Waals surface area contributed by atoms with Crippen LogP contribution in [0, 0.1) is 13.8 Å². The van der Waals surface area contributed by atoms with Crippen molar-refractivity contribution >= 4 is 17.4 Å². The van der Waals surface area contributed by atoms with Crippen LogP contribution >= 0.6 is 0 Å². The number of ketones is 1. The lowest BCUT2D eigenvalue weighted by molar-refractivity contribution is 0.0601. The van der Waals surface area contributed by atoms with Crippen LogP contribution in [0.25, 0.3) is 0 Å². The number of carbonyl (C=O) groups is 2. The molecule has 1 fully saturated rings. The topological polar surface area (TPSA) is 60.3 Å². The van der Waals surface area contributed by atoms with Crippen molar-refractivity contribution in [2.75, 3.05) is 19.0 Å². The van der Waals surface area contributed by atoms with Gasteiger partial charge in [-0.2, -0.15) is 0 Å². The van der Waals surface area contributed by atoms with E-state index in [1.165, 1.54) is 39.2 Å². The summed E-state index contributed by atoms with van der Waals surface area (Å²) in [6.07, 6.45) is 6.21. The number of hydrogen-bond donors (Lipinski definition) is 1. The first-order chi connectivity index (χ1) is 13.0. The second-order valence-corrected chi connectivity index (χ2v) is 7.26. The van der Waals surface area contributed by atoms with E-state index >= 15 is 0 Å². The highest BCUT2D eigenvalue weighted by Crippen LogP contribution is 2.32. The van der Waals surface area contributed by atoms with E-state index < -0.39 is 5.97 Å². The molecular weight excluding hydrogens is 340 g/mol. The summed E-state index contributed by atoms with van der Waals surface area (Å²) >= 11 is 0. The van der Waals surface area contributed by atoms with Crippen molar-refractivity contribution in [2.24, 2.45) is 0 Å². The lowest BCUT2D eigenvalue weighted by Crippen LogP contribution is -2.18. The second-order valence-electron chi connectivity index (χ2n) is 7.26. The summed E-state index contributed by atoms with van der Waals surface area (Å²) in [6, 6.07) is 9.58. The minimum absolute atomic E-state index is 0.0322. The van der Waals surface area contributed by atoms with E-state index in [0.717, 1.165) is 17.0 Å². The van der Waals surface area contributed by atoms with Gasteiger partial charge in [0.15, 0.2) is 5.78 Å². The van der Waals surface area contributed by atoms with Crippen molar-refractivity contribution < 1.29 is 14.3 Å². The zero-order chi connectivity index (χ0) is 19.4. The molecule has 0 aliphatic heterocycles. The minimum atomic E-state index is -0.416. The Morgan fingerprint density at radius 3 is 2.52 bits per heavy atom. The predicted molar refractivity (Wildman–Crippen MR) is 107 cm³/mol. The van der Waals surface area contributed by atoms with Gasteiger partial charge in [-0.1, -0.05) is 31.4 Å². The molecule has 1 N–H and O–H groups in total. The Labute approximate surface area is 160 Å². The third-order valence-corrected chi connectivity index (χ3v) is 5.50. The number of methoxy groups -OCH3 is 1. The van der Waals surface area contributed by atoms with Crippen LogP contribution in [0.1, 0.15) is 70.2 Å². The van der Waals surface area contributed by atoms with Gasteiger partial charge in [0.05, 0.1) is 19.2 Å². The van der Waals surface area contributed by atoms with E-state index in [4.69, 9.17) is 4.74 Å². The van der Waals surface area contributed by atoms with Gasteiger partial charge in [-0.25, -0.2) is 4.79 Å². The summed E-state index contributed by atoms with van der Waals surface area (Å²) in [5.74, 6) is -0.383. The van der Waals surface area contributed by atoms with Gasteiger partial charge in [-0.05, 0) is 44.9 Å². The molecule has 5 nitrogen and oxygen atoms in total. The molecule has 0 atom stereocenters. The van der Waals surface area contributed by atoms with Crippen molar-refractivity contribution in [2.45, 2.75) is 52.0 Å². The van der Waals surface area contributed by atoms with Crippen LogP contribution in [0.5, 0.6) is 0 Å². The summed E-state index contributed by atoms with van der Waals surface area (Å²) in [5.41, 5.74) is 4.01. The molecule has 0 bridgehead atoms. The number of aryl methyl sites for hydroxylation is 1. The molecule has 27 heavy (non-hydrogen) atoms. The van der Waals surface area contributed by atoms with E-state index in [1.807, 2.05) is 19.1 Å². The monoisotopic (exact) mass is 368 g/mol. The normalized spacial score (nSPS) is 14.8. The van der Waals surface area contributed by atoms with Gasteiger partial charge < -0.3 is 14.6 Å². The maximum atomic E-state index is 12.8. The molecule has 2 aromatic rings. The van der Waals surface area contributed by atoms with E-state index in [9.17, 15) is 9.59 Å². The highest BCUT2D eigenvalue weighted by Gasteiger charge is 2.22. The van der Waals surface area contributed by atoms with Gasteiger partial charge in [-0.3, -0.25) is 4.79 Å².